The van der Waals surface area contributed by atoms with E-state index in [9.17, 15) is 15.0 Å². The standard InChI is InChI=1S/C28H35N2O4P/c1-4-11-28(27(32)33)12-14-30(15-13-28)18-20-5-7-21(8-6-20)25-29-34-26(35-25)23-10-9-22(16-19(2)3)24(31)17-23/h4-10,17,19,26,31,35H,1,11-16,18H2,2-3H3,(H,32,33). The van der Waals surface area contributed by atoms with E-state index in [1.54, 1.807) is 6.08 Å². The zero-order chi connectivity index (χ0) is 25.0. The van der Waals surface area contributed by atoms with Crippen molar-refractivity contribution in [3.63, 3.8) is 0 Å². The van der Waals surface area contributed by atoms with Crippen LogP contribution in [0.25, 0.3) is 0 Å². The second-order valence-corrected chi connectivity index (χ2v) is 11.4. The Labute approximate surface area is 209 Å². The Morgan fingerprint density at radius 2 is 1.97 bits per heavy atom. The van der Waals surface area contributed by atoms with E-state index >= 15 is 0 Å². The number of aromatic hydroxyl groups is 1. The number of nitrogens with zero attached hydrogens (tertiary/aromatic N) is 2. The van der Waals surface area contributed by atoms with Gasteiger partial charge in [0.25, 0.3) is 0 Å². The predicted octanol–water partition coefficient (Wildman–Crippen LogP) is 5.90. The second-order valence-electron chi connectivity index (χ2n) is 10.1. The molecule has 4 rings (SSSR count). The molecular weight excluding hydrogens is 459 g/mol. The van der Waals surface area contributed by atoms with Crippen LogP contribution in [0.4, 0.5) is 0 Å². The molecule has 0 radical (unpaired) electrons. The molecule has 186 valence electrons. The lowest BCUT2D eigenvalue weighted by Gasteiger charge is -2.38. The van der Waals surface area contributed by atoms with E-state index in [1.165, 1.54) is 5.56 Å². The molecule has 0 saturated carbocycles. The van der Waals surface area contributed by atoms with E-state index in [1.807, 2.05) is 18.2 Å². The number of hydrogen-bond donors (Lipinski definition) is 2. The Balaban J connectivity index is 1.32. The number of rotatable bonds is 9. The Morgan fingerprint density at radius 1 is 1.26 bits per heavy atom. The summed E-state index contributed by atoms with van der Waals surface area (Å²) in [5.74, 6) is -0.0613. The molecule has 1 saturated heterocycles. The minimum Gasteiger partial charge on any atom is -0.508 e. The molecule has 2 aliphatic rings. The number of oxime groups is 1. The molecule has 2 N–H and O–H groups in total. The van der Waals surface area contributed by atoms with Crippen LogP contribution < -0.4 is 0 Å². The lowest BCUT2D eigenvalue weighted by Crippen LogP contribution is -2.43. The number of carboxylic acid groups (broad SMARTS) is 1. The lowest BCUT2D eigenvalue weighted by atomic mass is 9.75. The van der Waals surface area contributed by atoms with Crippen molar-refractivity contribution in [2.75, 3.05) is 13.1 Å². The van der Waals surface area contributed by atoms with Crippen molar-refractivity contribution in [2.45, 2.75) is 51.9 Å². The van der Waals surface area contributed by atoms with E-state index in [2.05, 4.69) is 54.7 Å². The number of allylic oxidation sites excluding steroid dienone is 1. The first-order valence-corrected chi connectivity index (χ1v) is 13.4. The van der Waals surface area contributed by atoms with Crippen LogP contribution in [-0.2, 0) is 22.6 Å². The summed E-state index contributed by atoms with van der Waals surface area (Å²) in [5.41, 5.74) is 4.43. The number of aliphatic carboxylic acids is 1. The minimum absolute atomic E-state index is 0.165. The minimum atomic E-state index is -0.707. The van der Waals surface area contributed by atoms with E-state index in [-0.39, 0.29) is 5.85 Å². The molecule has 0 aliphatic carbocycles. The number of hydrogen-bond acceptors (Lipinski definition) is 5. The van der Waals surface area contributed by atoms with Gasteiger partial charge < -0.3 is 15.1 Å². The van der Waals surface area contributed by atoms with Crippen molar-refractivity contribution in [2.24, 2.45) is 16.5 Å². The van der Waals surface area contributed by atoms with Crippen molar-refractivity contribution >= 4 is 20.0 Å². The van der Waals surface area contributed by atoms with Crippen LogP contribution in [0.3, 0.4) is 0 Å². The number of carbonyl (C=O) groups is 1. The van der Waals surface area contributed by atoms with Crippen LogP contribution in [0.15, 0.2) is 60.3 Å². The first-order valence-electron chi connectivity index (χ1n) is 12.3. The highest BCUT2D eigenvalue weighted by Gasteiger charge is 2.40. The fourth-order valence-corrected chi connectivity index (χ4v) is 6.00. The monoisotopic (exact) mass is 494 g/mol. The van der Waals surface area contributed by atoms with Gasteiger partial charge in [0.2, 0.25) is 0 Å². The van der Waals surface area contributed by atoms with Crippen LogP contribution in [0.5, 0.6) is 5.75 Å². The Kier molecular flexibility index (Phi) is 7.93. The summed E-state index contributed by atoms with van der Waals surface area (Å²) in [6, 6.07) is 14.2. The number of carboxylic acids is 1. The van der Waals surface area contributed by atoms with Gasteiger partial charge in [0.1, 0.15) is 11.2 Å². The summed E-state index contributed by atoms with van der Waals surface area (Å²) >= 11 is 0. The lowest BCUT2D eigenvalue weighted by molar-refractivity contribution is -0.152. The Bertz CT molecular complexity index is 1090. The molecule has 0 aromatic heterocycles. The van der Waals surface area contributed by atoms with Crippen LogP contribution >= 0.6 is 8.58 Å². The first kappa shape index (κ1) is 25.4. The third kappa shape index (κ3) is 5.94. The van der Waals surface area contributed by atoms with E-state index in [0.29, 0.717) is 39.5 Å². The van der Waals surface area contributed by atoms with Crippen molar-refractivity contribution < 1.29 is 19.8 Å². The molecule has 2 aromatic rings. The van der Waals surface area contributed by atoms with E-state index < -0.39 is 11.4 Å². The Hall–Kier alpha value is -2.69. The summed E-state index contributed by atoms with van der Waals surface area (Å²) < 4.78 is 0. The molecule has 1 fully saturated rings. The molecule has 2 atom stereocenters. The van der Waals surface area contributed by atoms with Gasteiger partial charge >= 0.3 is 5.97 Å². The summed E-state index contributed by atoms with van der Waals surface area (Å²) in [6.07, 6.45) is 4.40. The average molecular weight is 495 g/mol. The summed E-state index contributed by atoms with van der Waals surface area (Å²) in [7, 11) is 0.370. The predicted molar refractivity (Wildman–Crippen MR) is 141 cm³/mol. The van der Waals surface area contributed by atoms with Crippen molar-refractivity contribution in [3.8, 4) is 5.75 Å². The van der Waals surface area contributed by atoms with Gasteiger partial charge in [-0.3, -0.25) is 9.69 Å². The first-order chi connectivity index (χ1) is 16.8. The van der Waals surface area contributed by atoms with Crippen LogP contribution in [0.2, 0.25) is 0 Å². The quantitative estimate of drug-likeness (QED) is 0.335. The molecule has 35 heavy (non-hydrogen) atoms. The number of benzene rings is 2. The maximum Gasteiger partial charge on any atom is 0.310 e. The number of piperidine rings is 1. The maximum atomic E-state index is 11.8. The SMILES string of the molecule is C=CCC1(C(=O)O)CCN(Cc2ccc(C3=NOC(c4ccc(CC(C)C)c(O)c4)P3)cc2)CC1. The van der Waals surface area contributed by atoms with Gasteiger partial charge in [-0.15, -0.1) is 6.58 Å². The molecule has 2 aliphatic heterocycles. The zero-order valence-corrected chi connectivity index (χ0v) is 21.5. The highest BCUT2D eigenvalue weighted by molar-refractivity contribution is 7.59. The average Bonchev–Trinajstić information content (AvgIpc) is 3.32. The number of likely N-dealkylation sites (tertiary alicyclic amines) is 1. The van der Waals surface area contributed by atoms with Gasteiger partial charge in [0, 0.05) is 17.7 Å². The summed E-state index contributed by atoms with van der Waals surface area (Å²) in [5, 5.41) is 24.4. The highest BCUT2D eigenvalue weighted by atomic mass is 31.1. The second kappa shape index (κ2) is 10.9. The molecule has 0 amide bonds. The normalized spacial score (nSPS) is 20.5. The molecule has 2 unspecified atom stereocenters. The van der Waals surface area contributed by atoms with Gasteiger partial charge in [0.15, 0.2) is 5.85 Å². The van der Waals surface area contributed by atoms with Crippen molar-refractivity contribution in [3.05, 3.63) is 77.4 Å². The van der Waals surface area contributed by atoms with E-state index in [0.717, 1.165) is 48.2 Å². The zero-order valence-electron chi connectivity index (χ0n) is 20.5. The molecule has 6 nitrogen and oxygen atoms in total. The highest BCUT2D eigenvalue weighted by Crippen LogP contribution is 2.45. The van der Waals surface area contributed by atoms with Crippen molar-refractivity contribution in [1.82, 2.24) is 4.90 Å². The Morgan fingerprint density at radius 3 is 2.57 bits per heavy atom. The van der Waals surface area contributed by atoms with Gasteiger partial charge in [0.05, 0.1) is 5.41 Å². The van der Waals surface area contributed by atoms with Gasteiger partial charge in [-0.05, 0) is 70.5 Å². The smallest absolute Gasteiger partial charge is 0.310 e. The largest absolute Gasteiger partial charge is 0.508 e. The van der Waals surface area contributed by atoms with Crippen LogP contribution in [0.1, 0.15) is 61.2 Å². The number of phenols is 1. The fraction of sp³-hybridized carbons (Fsp3) is 0.429. The third-order valence-corrected chi connectivity index (χ3v) is 8.35. The molecule has 0 bridgehead atoms. The van der Waals surface area contributed by atoms with Crippen LogP contribution in [0, 0.1) is 11.3 Å². The summed E-state index contributed by atoms with van der Waals surface area (Å²) in [6.45, 7) is 10.4. The van der Waals surface area contributed by atoms with Crippen LogP contribution in [-0.4, -0.2) is 39.6 Å². The van der Waals surface area contributed by atoms with Gasteiger partial charge in [-0.1, -0.05) is 61.5 Å². The molecular formula is C28H35N2O4P. The number of phenolic OH excluding ortho intramolecular Hbond substituents is 1. The van der Waals surface area contributed by atoms with E-state index in [4.69, 9.17) is 4.84 Å². The summed E-state index contributed by atoms with van der Waals surface area (Å²) in [4.78, 5) is 19.8. The van der Waals surface area contributed by atoms with Crippen molar-refractivity contribution in [1.29, 1.82) is 0 Å². The molecule has 2 aromatic carbocycles. The fourth-order valence-electron chi connectivity index (χ4n) is 4.87. The maximum absolute atomic E-state index is 11.8. The molecule has 0 spiro atoms. The van der Waals surface area contributed by atoms with Gasteiger partial charge in [-0.2, -0.15) is 0 Å². The van der Waals surface area contributed by atoms with Gasteiger partial charge in [-0.25, -0.2) is 0 Å². The molecule has 2 heterocycles. The topological polar surface area (TPSA) is 82.4 Å². The molecule has 7 heteroatoms. The third-order valence-electron chi connectivity index (χ3n) is 6.99.